The maximum absolute atomic E-state index is 13.8. The summed E-state index contributed by atoms with van der Waals surface area (Å²) in [5.74, 6) is 0.611. The fraction of sp³-hybridized carbons (Fsp3) is 0.316. The third-order valence-electron chi connectivity index (χ3n) is 4.19. The number of benzene rings is 2. The normalized spacial score (nSPS) is 14.3. The molecule has 0 aromatic heterocycles. The van der Waals surface area contributed by atoms with Gasteiger partial charge in [-0.15, -0.1) is 0 Å². The molecule has 6 heteroatoms. The predicted octanol–water partition coefficient (Wildman–Crippen LogP) is 3.74. The van der Waals surface area contributed by atoms with Crippen LogP contribution in [0.2, 0.25) is 0 Å². The minimum absolute atomic E-state index is 0.297. The molecule has 132 valence electrons. The van der Waals surface area contributed by atoms with Crippen LogP contribution in [0, 0.1) is 5.82 Å². The molecule has 1 fully saturated rings. The highest BCUT2D eigenvalue weighted by Crippen LogP contribution is 2.29. The van der Waals surface area contributed by atoms with Crippen LogP contribution in [0.25, 0.3) is 0 Å². The lowest BCUT2D eigenvalue weighted by molar-refractivity contribution is 0.336. The Hall–Kier alpha value is -2.34. The van der Waals surface area contributed by atoms with Crippen LogP contribution < -0.4 is 15.0 Å². The number of anilines is 2. The van der Waals surface area contributed by atoms with E-state index < -0.39 is 0 Å². The van der Waals surface area contributed by atoms with Crippen molar-refractivity contribution < 1.29 is 9.13 Å². The zero-order chi connectivity index (χ0) is 17.6. The quantitative estimate of drug-likeness (QED) is 0.840. The molecule has 1 heterocycles. The third kappa shape index (κ3) is 4.20. The van der Waals surface area contributed by atoms with Crippen molar-refractivity contribution in [1.82, 2.24) is 4.90 Å². The summed E-state index contributed by atoms with van der Waals surface area (Å²) >= 11 is 5.44. The van der Waals surface area contributed by atoms with Crippen LogP contribution in [0.5, 0.6) is 5.75 Å². The van der Waals surface area contributed by atoms with E-state index >= 15 is 0 Å². The van der Waals surface area contributed by atoms with Crippen molar-refractivity contribution in [2.75, 3.05) is 43.0 Å². The molecule has 1 saturated heterocycles. The number of piperazine rings is 1. The maximum Gasteiger partial charge on any atom is 0.173 e. The lowest BCUT2D eigenvalue weighted by Gasteiger charge is -2.38. The summed E-state index contributed by atoms with van der Waals surface area (Å²) in [6, 6.07) is 14.7. The molecular formula is C19H22FN3OS. The van der Waals surface area contributed by atoms with Gasteiger partial charge < -0.3 is 19.9 Å². The fourth-order valence-electron chi connectivity index (χ4n) is 2.90. The molecule has 1 aliphatic rings. The molecule has 2 aromatic rings. The largest absolute Gasteiger partial charge is 0.492 e. The van der Waals surface area contributed by atoms with E-state index in [1.807, 2.05) is 25.1 Å². The molecule has 25 heavy (non-hydrogen) atoms. The minimum atomic E-state index is -0.297. The van der Waals surface area contributed by atoms with Gasteiger partial charge in [-0.25, -0.2) is 4.39 Å². The molecule has 0 aliphatic carbocycles. The van der Waals surface area contributed by atoms with Gasteiger partial charge in [0.1, 0.15) is 11.6 Å². The molecule has 0 unspecified atom stereocenters. The molecule has 0 amide bonds. The smallest absolute Gasteiger partial charge is 0.173 e. The molecule has 2 aromatic carbocycles. The highest BCUT2D eigenvalue weighted by Gasteiger charge is 2.21. The fourth-order valence-corrected chi connectivity index (χ4v) is 3.20. The summed E-state index contributed by atoms with van der Waals surface area (Å²) in [4.78, 5) is 4.37. The Morgan fingerprint density at radius 3 is 2.48 bits per heavy atom. The number of hydrogen-bond acceptors (Lipinski definition) is 3. The molecule has 0 radical (unpaired) electrons. The van der Waals surface area contributed by atoms with Crippen molar-refractivity contribution >= 4 is 28.7 Å². The maximum atomic E-state index is 13.8. The first kappa shape index (κ1) is 17.5. The lowest BCUT2D eigenvalue weighted by atomic mass is 10.2. The van der Waals surface area contributed by atoms with Crippen LogP contribution in [0.3, 0.4) is 0 Å². The number of halogens is 1. The van der Waals surface area contributed by atoms with E-state index in [9.17, 15) is 4.39 Å². The second kappa shape index (κ2) is 8.16. The van der Waals surface area contributed by atoms with Crippen LogP contribution in [0.1, 0.15) is 6.92 Å². The average molecular weight is 359 g/mol. The summed E-state index contributed by atoms with van der Waals surface area (Å²) in [7, 11) is 0. The number of nitrogens with zero attached hydrogens (tertiary/aromatic N) is 2. The Morgan fingerprint density at radius 2 is 1.76 bits per heavy atom. The lowest BCUT2D eigenvalue weighted by Crippen LogP contribution is -2.50. The summed E-state index contributed by atoms with van der Waals surface area (Å²) in [6.45, 7) is 5.86. The van der Waals surface area contributed by atoms with Crippen molar-refractivity contribution in [3.05, 3.63) is 54.3 Å². The van der Waals surface area contributed by atoms with Gasteiger partial charge in [-0.3, -0.25) is 0 Å². The van der Waals surface area contributed by atoms with Crippen LogP contribution in [-0.2, 0) is 0 Å². The second-order valence-corrected chi connectivity index (χ2v) is 6.17. The number of thiocarbonyl (C=S) groups is 1. The second-order valence-electron chi connectivity index (χ2n) is 5.78. The third-order valence-corrected chi connectivity index (χ3v) is 4.55. The van der Waals surface area contributed by atoms with Crippen molar-refractivity contribution in [1.29, 1.82) is 0 Å². The summed E-state index contributed by atoms with van der Waals surface area (Å²) in [6.07, 6.45) is 0. The van der Waals surface area contributed by atoms with Gasteiger partial charge >= 0.3 is 0 Å². The van der Waals surface area contributed by atoms with Gasteiger partial charge in [-0.05, 0) is 43.4 Å². The van der Waals surface area contributed by atoms with Gasteiger partial charge in [0.15, 0.2) is 5.11 Å². The Kier molecular flexibility index (Phi) is 5.71. The topological polar surface area (TPSA) is 27.7 Å². The van der Waals surface area contributed by atoms with E-state index in [0.29, 0.717) is 17.4 Å². The molecule has 0 atom stereocenters. The minimum Gasteiger partial charge on any atom is -0.492 e. The van der Waals surface area contributed by atoms with E-state index in [4.69, 9.17) is 17.0 Å². The zero-order valence-electron chi connectivity index (χ0n) is 14.2. The Bertz CT molecular complexity index is 732. The SMILES string of the molecule is CCOc1ccccc1N1CCN(C(=S)Nc2ccccc2F)CC1. The number of ether oxygens (including phenoxy) is 1. The van der Waals surface area contributed by atoms with Crippen LogP contribution >= 0.6 is 12.2 Å². The first-order valence-corrected chi connectivity index (χ1v) is 8.87. The van der Waals surface area contributed by atoms with E-state index in [1.165, 1.54) is 6.07 Å². The van der Waals surface area contributed by atoms with Gasteiger partial charge in [0, 0.05) is 26.2 Å². The molecular weight excluding hydrogens is 337 g/mol. The number of rotatable bonds is 4. The zero-order valence-corrected chi connectivity index (χ0v) is 15.1. The van der Waals surface area contributed by atoms with Crippen LogP contribution in [-0.4, -0.2) is 42.8 Å². The summed E-state index contributed by atoms with van der Waals surface area (Å²) < 4.78 is 19.5. The Labute approximate surface area is 153 Å². The molecule has 0 spiro atoms. The molecule has 1 aliphatic heterocycles. The highest BCUT2D eigenvalue weighted by atomic mass is 32.1. The predicted molar refractivity (Wildman–Crippen MR) is 104 cm³/mol. The molecule has 0 bridgehead atoms. The Balaban J connectivity index is 1.60. The number of nitrogens with one attached hydrogen (secondary N) is 1. The van der Waals surface area contributed by atoms with Gasteiger partial charge in [0.2, 0.25) is 0 Å². The molecule has 3 rings (SSSR count). The van der Waals surface area contributed by atoms with E-state index in [0.717, 1.165) is 37.6 Å². The monoisotopic (exact) mass is 359 g/mol. The van der Waals surface area contributed by atoms with Gasteiger partial charge in [0.05, 0.1) is 18.0 Å². The molecule has 0 saturated carbocycles. The van der Waals surface area contributed by atoms with Crippen LogP contribution in [0.4, 0.5) is 15.8 Å². The van der Waals surface area contributed by atoms with Gasteiger partial charge in [0.25, 0.3) is 0 Å². The van der Waals surface area contributed by atoms with E-state index in [-0.39, 0.29) is 5.82 Å². The first-order chi connectivity index (χ1) is 12.2. The van der Waals surface area contributed by atoms with Crippen molar-refractivity contribution in [3.63, 3.8) is 0 Å². The van der Waals surface area contributed by atoms with Crippen molar-refractivity contribution in [2.45, 2.75) is 6.92 Å². The molecule has 1 N–H and O–H groups in total. The van der Waals surface area contributed by atoms with Crippen molar-refractivity contribution in [2.24, 2.45) is 0 Å². The summed E-state index contributed by atoms with van der Waals surface area (Å²) in [5.41, 5.74) is 1.52. The number of para-hydroxylation sites is 3. The number of hydrogen-bond donors (Lipinski definition) is 1. The first-order valence-electron chi connectivity index (χ1n) is 8.46. The van der Waals surface area contributed by atoms with Gasteiger partial charge in [-0.1, -0.05) is 24.3 Å². The Morgan fingerprint density at radius 1 is 1.08 bits per heavy atom. The summed E-state index contributed by atoms with van der Waals surface area (Å²) in [5, 5.41) is 3.56. The highest BCUT2D eigenvalue weighted by molar-refractivity contribution is 7.80. The molecule has 4 nitrogen and oxygen atoms in total. The van der Waals surface area contributed by atoms with E-state index in [2.05, 4.69) is 21.2 Å². The average Bonchev–Trinajstić information content (AvgIpc) is 2.64. The van der Waals surface area contributed by atoms with Crippen molar-refractivity contribution in [3.8, 4) is 5.75 Å². The van der Waals surface area contributed by atoms with Crippen LogP contribution in [0.15, 0.2) is 48.5 Å². The van der Waals surface area contributed by atoms with E-state index in [1.54, 1.807) is 18.2 Å². The van der Waals surface area contributed by atoms with Gasteiger partial charge in [-0.2, -0.15) is 0 Å². The standard InChI is InChI=1S/C19H22FN3OS/c1-2-24-18-10-6-5-9-17(18)22-11-13-23(14-12-22)19(25)21-16-8-4-3-7-15(16)20/h3-10H,2,11-14H2,1H3,(H,21,25).